The van der Waals surface area contributed by atoms with Gasteiger partial charge in [0, 0.05) is 16.9 Å². The number of nitrogens with zero attached hydrogens (tertiary/aromatic N) is 4. The molecule has 0 aliphatic rings. The van der Waals surface area contributed by atoms with Gasteiger partial charge in [-0.25, -0.2) is 18.7 Å². The van der Waals surface area contributed by atoms with E-state index in [0.717, 1.165) is 33.7 Å². The van der Waals surface area contributed by atoms with E-state index in [-0.39, 0.29) is 11.6 Å². The zero-order chi connectivity index (χ0) is 19.1. The van der Waals surface area contributed by atoms with Gasteiger partial charge in [0.15, 0.2) is 0 Å². The summed E-state index contributed by atoms with van der Waals surface area (Å²) in [5.41, 5.74) is 5.20. The predicted molar refractivity (Wildman–Crippen MR) is 104 cm³/mol. The molecule has 0 saturated heterocycles. The number of hydrogen-bond donors (Lipinski definition) is 0. The van der Waals surface area contributed by atoms with E-state index in [9.17, 15) is 8.78 Å². The Balaban J connectivity index is 1.63. The van der Waals surface area contributed by atoms with Crippen molar-refractivity contribution >= 4 is 11.0 Å². The number of benzene rings is 3. The molecule has 0 spiro atoms. The second-order valence-corrected chi connectivity index (χ2v) is 6.42. The summed E-state index contributed by atoms with van der Waals surface area (Å²) < 4.78 is 30.3. The standard InChI is InChI=1S/C22H14F2N4/c23-16-2-6-18(7-3-16)27-13-25-12-22(27)15-1-10-20-21(11-15)28(14-26-20)19-8-4-17(24)5-9-19/h1-14H. The number of hydrogen-bond acceptors (Lipinski definition) is 2. The van der Waals surface area contributed by atoms with Crippen LogP contribution in [0.1, 0.15) is 0 Å². The van der Waals surface area contributed by atoms with Crippen LogP contribution >= 0.6 is 0 Å². The highest BCUT2D eigenvalue weighted by molar-refractivity contribution is 5.83. The number of fused-ring (bicyclic) bond motifs is 1. The fourth-order valence-corrected chi connectivity index (χ4v) is 3.29. The molecule has 0 aliphatic heterocycles. The van der Waals surface area contributed by atoms with Gasteiger partial charge in [0.1, 0.15) is 18.0 Å². The molecule has 28 heavy (non-hydrogen) atoms. The Morgan fingerprint density at radius 2 is 1.32 bits per heavy atom. The largest absolute Gasteiger partial charge is 0.299 e. The van der Waals surface area contributed by atoms with Crippen LogP contribution in [0.5, 0.6) is 0 Å². The van der Waals surface area contributed by atoms with E-state index in [2.05, 4.69) is 9.97 Å². The summed E-state index contributed by atoms with van der Waals surface area (Å²) in [6.07, 6.45) is 5.19. The maximum absolute atomic E-state index is 13.3. The quantitative estimate of drug-likeness (QED) is 0.439. The predicted octanol–water partition coefficient (Wildman–Crippen LogP) is 5.16. The molecule has 0 aliphatic carbocycles. The zero-order valence-electron chi connectivity index (χ0n) is 14.6. The van der Waals surface area contributed by atoms with Gasteiger partial charge in [0.05, 0.1) is 29.3 Å². The van der Waals surface area contributed by atoms with Gasteiger partial charge in [-0.15, -0.1) is 0 Å². The minimum absolute atomic E-state index is 0.281. The Kier molecular flexibility index (Phi) is 3.76. The third-order valence-electron chi connectivity index (χ3n) is 4.69. The minimum atomic E-state index is -0.282. The topological polar surface area (TPSA) is 35.6 Å². The minimum Gasteiger partial charge on any atom is -0.299 e. The second kappa shape index (κ2) is 6.42. The first kappa shape index (κ1) is 16.4. The molecule has 0 saturated carbocycles. The number of halogens is 2. The van der Waals surface area contributed by atoms with Crippen LogP contribution < -0.4 is 0 Å². The fourth-order valence-electron chi connectivity index (χ4n) is 3.29. The Morgan fingerprint density at radius 3 is 2.00 bits per heavy atom. The summed E-state index contributed by atoms with van der Waals surface area (Å²) in [5.74, 6) is -0.563. The Morgan fingerprint density at radius 1 is 0.679 bits per heavy atom. The van der Waals surface area contributed by atoms with Crippen molar-refractivity contribution in [2.45, 2.75) is 0 Å². The van der Waals surface area contributed by atoms with Crippen LogP contribution in [0.4, 0.5) is 8.78 Å². The van der Waals surface area contributed by atoms with E-state index in [4.69, 9.17) is 0 Å². The molecule has 3 aromatic carbocycles. The number of aromatic nitrogens is 4. The summed E-state index contributed by atoms with van der Waals surface area (Å²) in [5, 5.41) is 0. The van der Waals surface area contributed by atoms with Crippen LogP contribution in [-0.4, -0.2) is 19.1 Å². The van der Waals surface area contributed by atoms with Gasteiger partial charge in [0.25, 0.3) is 0 Å². The average molecular weight is 372 g/mol. The van der Waals surface area contributed by atoms with Crippen LogP contribution in [-0.2, 0) is 0 Å². The molecule has 4 nitrogen and oxygen atoms in total. The van der Waals surface area contributed by atoms with Crippen molar-refractivity contribution in [3.8, 4) is 22.6 Å². The highest BCUT2D eigenvalue weighted by Crippen LogP contribution is 2.27. The maximum Gasteiger partial charge on any atom is 0.123 e. The van der Waals surface area contributed by atoms with Crippen molar-refractivity contribution in [1.29, 1.82) is 0 Å². The monoisotopic (exact) mass is 372 g/mol. The first-order chi connectivity index (χ1) is 13.7. The third kappa shape index (κ3) is 2.75. The van der Waals surface area contributed by atoms with Gasteiger partial charge in [0.2, 0.25) is 0 Å². The molecule has 5 aromatic rings. The van der Waals surface area contributed by atoms with Crippen LogP contribution in [0.2, 0.25) is 0 Å². The molecule has 0 bridgehead atoms. The van der Waals surface area contributed by atoms with Crippen molar-refractivity contribution in [1.82, 2.24) is 19.1 Å². The van der Waals surface area contributed by atoms with Crippen molar-refractivity contribution in [2.24, 2.45) is 0 Å². The summed E-state index contributed by atoms with van der Waals surface area (Å²) >= 11 is 0. The summed E-state index contributed by atoms with van der Waals surface area (Å²) in [4.78, 5) is 8.70. The SMILES string of the molecule is Fc1ccc(-n2cncc2-c2ccc3ncn(-c4ccc(F)cc4)c3c2)cc1. The molecule has 0 radical (unpaired) electrons. The Labute approximate surface area is 159 Å². The third-order valence-corrected chi connectivity index (χ3v) is 4.69. The first-order valence-electron chi connectivity index (χ1n) is 8.71. The molecule has 2 heterocycles. The average Bonchev–Trinajstić information content (AvgIpc) is 3.36. The molecule has 136 valence electrons. The zero-order valence-corrected chi connectivity index (χ0v) is 14.6. The molecule has 0 N–H and O–H groups in total. The molecule has 0 atom stereocenters. The van der Waals surface area contributed by atoms with Gasteiger partial charge in [-0.05, 0) is 60.7 Å². The molecule has 6 heteroatoms. The molecule has 5 rings (SSSR count). The summed E-state index contributed by atoms with van der Waals surface area (Å²) in [6, 6.07) is 18.5. The van der Waals surface area contributed by atoms with Crippen molar-refractivity contribution in [2.75, 3.05) is 0 Å². The fraction of sp³-hybridized carbons (Fsp3) is 0. The lowest BCUT2D eigenvalue weighted by atomic mass is 10.1. The lowest BCUT2D eigenvalue weighted by Crippen LogP contribution is -1.96. The second-order valence-electron chi connectivity index (χ2n) is 6.42. The Hall–Kier alpha value is -3.80. The highest BCUT2D eigenvalue weighted by Gasteiger charge is 2.11. The molecule has 0 amide bonds. The van der Waals surface area contributed by atoms with Gasteiger partial charge in [-0.2, -0.15) is 0 Å². The lowest BCUT2D eigenvalue weighted by Gasteiger charge is -2.09. The lowest BCUT2D eigenvalue weighted by molar-refractivity contribution is 0.627. The summed E-state index contributed by atoms with van der Waals surface area (Å²) in [6.45, 7) is 0. The molecule has 2 aromatic heterocycles. The van der Waals surface area contributed by atoms with Crippen LogP contribution in [0.3, 0.4) is 0 Å². The van der Waals surface area contributed by atoms with Gasteiger partial charge in [-0.3, -0.25) is 9.13 Å². The first-order valence-corrected chi connectivity index (χ1v) is 8.71. The van der Waals surface area contributed by atoms with Gasteiger partial charge >= 0.3 is 0 Å². The smallest absolute Gasteiger partial charge is 0.123 e. The van der Waals surface area contributed by atoms with Crippen molar-refractivity contribution in [3.05, 3.63) is 97.2 Å². The van der Waals surface area contributed by atoms with Crippen LogP contribution in [0.15, 0.2) is 85.6 Å². The van der Waals surface area contributed by atoms with E-state index in [0.29, 0.717) is 0 Å². The molecular formula is C22H14F2N4. The van der Waals surface area contributed by atoms with Crippen LogP contribution in [0.25, 0.3) is 33.7 Å². The van der Waals surface area contributed by atoms with Crippen molar-refractivity contribution < 1.29 is 8.78 Å². The van der Waals surface area contributed by atoms with E-state index >= 15 is 0 Å². The number of rotatable bonds is 3. The van der Waals surface area contributed by atoms with Gasteiger partial charge < -0.3 is 0 Å². The molecule has 0 fully saturated rings. The van der Waals surface area contributed by atoms with E-state index in [1.54, 1.807) is 43.1 Å². The highest BCUT2D eigenvalue weighted by atomic mass is 19.1. The molecule has 0 unspecified atom stereocenters. The van der Waals surface area contributed by atoms with E-state index in [1.165, 1.54) is 24.3 Å². The van der Waals surface area contributed by atoms with Crippen LogP contribution in [0, 0.1) is 11.6 Å². The number of imidazole rings is 2. The van der Waals surface area contributed by atoms with Crippen molar-refractivity contribution in [3.63, 3.8) is 0 Å². The van der Waals surface area contributed by atoms with Gasteiger partial charge in [-0.1, -0.05) is 6.07 Å². The summed E-state index contributed by atoms with van der Waals surface area (Å²) in [7, 11) is 0. The normalized spacial score (nSPS) is 11.2. The maximum atomic E-state index is 13.3. The van der Waals surface area contributed by atoms with E-state index < -0.39 is 0 Å². The Bertz CT molecular complexity index is 1270. The van der Waals surface area contributed by atoms with E-state index in [1.807, 2.05) is 27.3 Å². The molecular weight excluding hydrogens is 358 g/mol.